The first-order valence-corrected chi connectivity index (χ1v) is 5.49. The Balaban J connectivity index is 2.24. The third-order valence-electron chi connectivity index (χ3n) is 2.26. The van der Waals surface area contributed by atoms with E-state index >= 15 is 0 Å². The zero-order valence-corrected chi connectivity index (χ0v) is 9.78. The minimum atomic E-state index is 0.687. The first kappa shape index (κ1) is 10.9. The van der Waals surface area contributed by atoms with Crippen LogP contribution >= 0.6 is 11.6 Å². The van der Waals surface area contributed by atoms with Gasteiger partial charge in [-0.05, 0) is 30.2 Å². The molecule has 0 radical (unpaired) electrons. The van der Waals surface area contributed by atoms with E-state index in [4.69, 9.17) is 11.6 Å². The number of hydrogen-bond donors (Lipinski definition) is 0. The summed E-state index contributed by atoms with van der Waals surface area (Å²) in [5.74, 6) is 0. The van der Waals surface area contributed by atoms with Gasteiger partial charge in [-0.1, -0.05) is 48.0 Å². The second-order valence-corrected chi connectivity index (χ2v) is 4.03. The summed E-state index contributed by atoms with van der Waals surface area (Å²) in [5, 5.41) is 0.687. The molecule has 0 fully saturated rings. The van der Waals surface area contributed by atoms with Gasteiger partial charge in [0.05, 0.1) is 10.7 Å². The lowest BCUT2D eigenvalue weighted by atomic mass is 10.2. The Kier molecular flexibility index (Phi) is 3.37. The average Bonchev–Trinajstić information content (AvgIpc) is 2.29. The number of hydrogen-bond acceptors (Lipinski definition) is 1. The van der Waals surface area contributed by atoms with E-state index in [-0.39, 0.29) is 0 Å². The molecule has 2 rings (SSSR count). The van der Waals surface area contributed by atoms with Crippen LogP contribution in [0.15, 0.2) is 53.5 Å². The van der Waals surface area contributed by atoms with Crippen molar-refractivity contribution >= 4 is 23.5 Å². The van der Waals surface area contributed by atoms with Gasteiger partial charge in [-0.2, -0.15) is 0 Å². The van der Waals surface area contributed by atoms with Crippen molar-refractivity contribution in [2.24, 2.45) is 4.99 Å². The summed E-state index contributed by atoms with van der Waals surface area (Å²) in [6.07, 6.45) is 1.82. The maximum absolute atomic E-state index is 6.08. The molecule has 0 heterocycles. The number of nitrogens with zero attached hydrogens (tertiary/aromatic N) is 1. The highest BCUT2D eigenvalue weighted by Gasteiger charge is 1.97. The van der Waals surface area contributed by atoms with E-state index in [1.165, 1.54) is 0 Å². The molecular formula is C14H12ClN. The molecule has 0 atom stereocenters. The minimum Gasteiger partial charge on any atom is -0.255 e. The van der Waals surface area contributed by atoms with Crippen LogP contribution in [0.3, 0.4) is 0 Å². The van der Waals surface area contributed by atoms with Crippen molar-refractivity contribution in [2.45, 2.75) is 6.92 Å². The summed E-state index contributed by atoms with van der Waals surface area (Å²) in [4.78, 5) is 4.36. The third-order valence-corrected chi connectivity index (χ3v) is 2.56. The smallest absolute Gasteiger partial charge is 0.0816 e. The average molecular weight is 230 g/mol. The molecule has 0 aliphatic rings. The molecule has 0 amide bonds. The van der Waals surface area contributed by atoms with Gasteiger partial charge in [0.2, 0.25) is 0 Å². The molecule has 16 heavy (non-hydrogen) atoms. The quantitative estimate of drug-likeness (QED) is 0.677. The van der Waals surface area contributed by atoms with Crippen LogP contribution in [-0.4, -0.2) is 6.21 Å². The van der Waals surface area contributed by atoms with Crippen molar-refractivity contribution in [2.75, 3.05) is 0 Å². The van der Waals surface area contributed by atoms with Crippen LogP contribution in [0.25, 0.3) is 0 Å². The van der Waals surface area contributed by atoms with E-state index in [1.807, 2.05) is 61.7 Å². The van der Waals surface area contributed by atoms with E-state index in [0.717, 1.165) is 16.8 Å². The normalized spacial score (nSPS) is 10.9. The van der Waals surface area contributed by atoms with Crippen molar-refractivity contribution in [1.29, 1.82) is 0 Å². The highest BCUT2D eigenvalue weighted by Crippen LogP contribution is 2.25. The fourth-order valence-electron chi connectivity index (χ4n) is 1.40. The first-order valence-electron chi connectivity index (χ1n) is 5.11. The number of aliphatic imine (C=N–C) groups is 1. The SMILES string of the molecule is Cc1ccc(N=Cc2ccccc2)c(Cl)c1. The first-order chi connectivity index (χ1) is 7.75. The number of aryl methyl sites for hydroxylation is 1. The zero-order chi connectivity index (χ0) is 11.4. The van der Waals surface area contributed by atoms with Gasteiger partial charge in [-0.15, -0.1) is 0 Å². The molecule has 2 aromatic carbocycles. The van der Waals surface area contributed by atoms with Crippen molar-refractivity contribution in [3.8, 4) is 0 Å². The number of halogens is 1. The molecule has 80 valence electrons. The Labute approximate surface area is 100 Å². The van der Waals surface area contributed by atoms with E-state index in [0.29, 0.717) is 5.02 Å². The molecule has 0 aliphatic heterocycles. The molecule has 0 bridgehead atoms. The molecule has 2 aromatic rings. The van der Waals surface area contributed by atoms with Gasteiger partial charge in [0.25, 0.3) is 0 Å². The minimum absolute atomic E-state index is 0.687. The number of rotatable bonds is 2. The monoisotopic (exact) mass is 229 g/mol. The lowest BCUT2D eigenvalue weighted by molar-refractivity contribution is 1.44. The lowest BCUT2D eigenvalue weighted by Gasteiger charge is -1.99. The Morgan fingerprint density at radius 3 is 2.50 bits per heavy atom. The summed E-state index contributed by atoms with van der Waals surface area (Å²) in [6, 6.07) is 15.8. The van der Waals surface area contributed by atoms with Gasteiger partial charge in [0, 0.05) is 6.21 Å². The molecule has 0 N–H and O–H groups in total. The molecule has 0 saturated carbocycles. The second kappa shape index (κ2) is 4.95. The van der Waals surface area contributed by atoms with Crippen LogP contribution in [0.4, 0.5) is 5.69 Å². The Morgan fingerprint density at radius 1 is 1.06 bits per heavy atom. The molecule has 1 nitrogen and oxygen atoms in total. The lowest BCUT2D eigenvalue weighted by Crippen LogP contribution is -1.79. The molecule has 0 saturated heterocycles. The third kappa shape index (κ3) is 2.71. The van der Waals surface area contributed by atoms with Crippen LogP contribution in [0, 0.1) is 6.92 Å². The van der Waals surface area contributed by atoms with Crippen molar-refractivity contribution < 1.29 is 0 Å². The molecule has 0 unspecified atom stereocenters. The van der Waals surface area contributed by atoms with E-state index in [1.54, 1.807) is 0 Å². The van der Waals surface area contributed by atoms with E-state index in [9.17, 15) is 0 Å². The van der Waals surface area contributed by atoms with Crippen LogP contribution in [0.5, 0.6) is 0 Å². The van der Waals surface area contributed by atoms with E-state index in [2.05, 4.69) is 4.99 Å². The van der Waals surface area contributed by atoms with Crippen molar-refractivity contribution in [1.82, 2.24) is 0 Å². The van der Waals surface area contributed by atoms with Gasteiger partial charge >= 0.3 is 0 Å². The molecule has 2 heteroatoms. The molecule has 0 aromatic heterocycles. The van der Waals surface area contributed by atoms with Gasteiger partial charge in [0.1, 0.15) is 0 Å². The summed E-state index contributed by atoms with van der Waals surface area (Å²) in [6.45, 7) is 2.01. The van der Waals surface area contributed by atoms with E-state index < -0.39 is 0 Å². The van der Waals surface area contributed by atoms with Crippen molar-refractivity contribution in [3.05, 3.63) is 64.7 Å². The maximum Gasteiger partial charge on any atom is 0.0816 e. The summed E-state index contributed by atoms with van der Waals surface area (Å²) < 4.78 is 0. The fraction of sp³-hybridized carbons (Fsp3) is 0.0714. The highest BCUT2D eigenvalue weighted by molar-refractivity contribution is 6.33. The van der Waals surface area contributed by atoms with Gasteiger partial charge in [0.15, 0.2) is 0 Å². The van der Waals surface area contributed by atoms with Crippen LogP contribution in [0.2, 0.25) is 5.02 Å². The summed E-state index contributed by atoms with van der Waals surface area (Å²) in [7, 11) is 0. The maximum atomic E-state index is 6.08. The Hall–Kier alpha value is -1.60. The summed E-state index contributed by atoms with van der Waals surface area (Å²) in [5.41, 5.74) is 3.01. The second-order valence-electron chi connectivity index (χ2n) is 3.62. The predicted molar refractivity (Wildman–Crippen MR) is 69.9 cm³/mol. The summed E-state index contributed by atoms with van der Waals surface area (Å²) >= 11 is 6.08. The fourth-order valence-corrected chi connectivity index (χ4v) is 1.68. The van der Waals surface area contributed by atoms with Gasteiger partial charge < -0.3 is 0 Å². The Morgan fingerprint density at radius 2 is 1.81 bits per heavy atom. The Bertz CT molecular complexity index is 503. The van der Waals surface area contributed by atoms with Gasteiger partial charge in [-0.25, -0.2) is 0 Å². The highest BCUT2D eigenvalue weighted by atomic mass is 35.5. The molecular weight excluding hydrogens is 218 g/mol. The van der Waals surface area contributed by atoms with Crippen LogP contribution in [-0.2, 0) is 0 Å². The topological polar surface area (TPSA) is 12.4 Å². The van der Waals surface area contributed by atoms with Crippen LogP contribution < -0.4 is 0 Å². The van der Waals surface area contributed by atoms with Gasteiger partial charge in [-0.3, -0.25) is 4.99 Å². The molecule has 0 spiro atoms. The standard InChI is InChI=1S/C14H12ClN/c1-11-7-8-14(13(15)9-11)16-10-12-5-3-2-4-6-12/h2-10H,1H3. The zero-order valence-electron chi connectivity index (χ0n) is 9.02. The largest absolute Gasteiger partial charge is 0.255 e. The number of benzene rings is 2. The predicted octanol–water partition coefficient (Wildman–Crippen LogP) is 4.40. The van der Waals surface area contributed by atoms with Crippen LogP contribution in [0.1, 0.15) is 11.1 Å². The van der Waals surface area contributed by atoms with Crippen molar-refractivity contribution in [3.63, 3.8) is 0 Å². The molecule has 0 aliphatic carbocycles.